The van der Waals surface area contributed by atoms with Gasteiger partial charge in [0.1, 0.15) is 0 Å². The Morgan fingerprint density at radius 2 is 1.95 bits per heavy atom. The van der Waals surface area contributed by atoms with Gasteiger partial charge in [0.15, 0.2) is 5.13 Å². The van der Waals surface area contributed by atoms with E-state index in [0.717, 1.165) is 32.8 Å². The fraction of sp³-hybridized carbons (Fsp3) is 0.812. The number of anilines is 1. The molecule has 0 aromatic carbocycles. The minimum atomic E-state index is 0.100. The van der Waals surface area contributed by atoms with Crippen molar-refractivity contribution in [3.63, 3.8) is 0 Å². The number of nitrogens with one attached hydrogen (secondary N) is 1. The molecule has 1 N–H and O–H groups in total. The van der Waals surface area contributed by atoms with Crippen LogP contribution in [0.15, 0.2) is 0 Å². The fourth-order valence-electron chi connectivity index (χ4n) is 2.64. The van der Waals surface area contributed by atoms with Crippen LogP contribution >= 0.6 is 11.3 Å². The second-order valence-corrected chi connectivity index (χ2v) is 7.80. The molecule has 0 bridgehead atoms. The Bertz CT molecular complexity index is 433. The molecule has 0 amide bonds. The molecule has 0 spiro atoms. The van der Waals surface area contributed by atoms with E-state index >= 15 is 0 Å². The fourth-order valence-corrected chi connectivity index (χ4v) is 3.93. The van der Waals surface area contributed by atoms with Gasteiger partial charge >= 0.3 is 0 Å². The summed E-state index contributed by atoms with van der Waals surface area (Å²) >= 11 is 1.86. The lowest BCUT2D eigenvalue weighted by Gasteiger charge is -2.26. The molecule has 0 atom stereocenters. The topological polar surface area (TPSA) is 37.4 Å². The van der Waals surface area contributed by atoms with Crippen molar-refractivity contribution in [2.45, 2.75) is 52.0 Å². The van der Waals surface area contributed by atoms with Crippen molar-refractivity contribution >= 4 is 16.5 Å². The van der Waals surface area contributed by atoms with E-state index in [0.29, 0.717) is 0 Å². The van der Waals surface area contributed by atoms with Crippen LogP contribution in [0.25, 0.3) is 0 Å². The maximum Gasteiger partial charge on any atom is 0.185 e. The van der Waals surface area contributed by atoms with E-state index in [1.807, 2.05) is 11.3 Å². The van der Waals surface area contributed by atoms with Crippen LogP contribution in [0.3, 0.4) is 0 Å². The third-order valence-corrected chi connectivity index (χ3v) is 4.91. The first kappa shape index (κ1) is 16.7. The number of aromatic nitrogens is 1. The molecule has 2 rings (SSSR count). The van der Waals surface area contributed by atoms with Crippen LogP contribution in [0.5, 0.6) is 0 Å². The summed E-state index contributed by atoms with van der Waals surface area (Å²) in [6, 6.07) is 0. The highest BCUT2D eigenvalue weighted by atomic mass is 32.1. The Morgan fingerprint density at radius 3 is 2.57 bits per heavy atom. The number of ether oxygens (including phenoxy) is 1. The molecule has 120 valence electrons. The lowest BCUT2D eigenvalue weighted by molar-refractivity contribution is 0.199. The Balaban J connectivity index is 2.10. The van der Waals surface area contributed by atoms with Crippen LogP contribution in [0.1, 0.15) is 50.6 Å². The normalized spacial score (nSPS) is 16.5. The third-order valence-electron chi connectivity index (χ3n) is 3.79. The van der Waals surface area contributed by atoms with Gasteiger partial charge < -0.3 is 15.0 Å². The number of piperidine rings is 1. The van der Waals surface area contributed by atoms with Crippen molar-refractivity contribution in [2.24, 2.45) is 0 Å². The van der Waals surface area contributed by atoms with Gasteiger partial charge in [0.2, 0.25) is 0 Å². The summed E-state index contributed by atoms with van der Waals surface area (Å²) < 4.78 is 5.09. The van der Waals surface area contributed by atoms with Gasteiger partial charge in [-0.3, -0.25) is 0 Å². The van der Waals surface area contributed by atoms with Crippen LogP contribution in [-0.2, 0) is 16.7 Å². The van der Waals surface area contributed by atoms with Gasteiger partial charge in [-0.05, 0) is 19.3 Å². The number of hydrogen-bond acceptors (Lipinski definition) is 5. The van der Waals surface area contributed by atoms with E-state index in [2.05, 4.69) is 31.0 Å². The van der Waals surface area contributed by atoms with Gasteiger partial charge in [-0.15, -0.1) is 11.3 Å². The monoisotopic (exact) mass is 311 g/mol. The molecule has 0 radical (unpaired) electrons. The minimum Gasteiger partial charge on any atom is -0.383 e. The Kier molecular flexibility index (Phi) is 6.02. The molecule has 5 heteroatoms. The maximum absolute atomic E-state index is 5.09. The first-order valence-corrected chi connectivity index (χ1v) is 8.79. The second-order valence-electron chi connectivity index (χ2n) is 6.74. The summed E-state index contributed by atoms with van der Waals surface area (Å²) in [5, 5.41) is 4.67. The summed E-state index contributed by atoms with van der Waals surface area (Å²) in [6.45, 7) is 11.6. The summed E-state index contributed by atoms with van der Waals surface area (Å²) in [5.74, 6) is 0. The van der Waals surface area contributed by atoms with Crippen molar-refractivity contribution in [1.29, 1.82) is 0 Å². The van der Waals surface area contributed by atoms with E-state index in [1.165, 1.54) is 35.0 Å². The highest BCUT2D eigenvalue weighted by molar-refractivity contribution is 7.15. The number of thiazole rings is 1. The minimum absolute atomic E-state index is 0.100. The molecule has 0 aliphatic carbocycles. The lowest BCUT2D eigenvalue weighted by atomic mass is 9.91. The van der Waals surface area contributed by atoms with Crippen molar-refractivity contribution in [3.8, 4) is 0 Å². The van der Waals surface area contributed by atoms with Crippen molar-refractivity contribution in [3.05, 3.63) is 10.6 Å². The highest BCUT2D eigenvalue weighted by Crippen LogP contribution is 2.34. The number of nitrogens with zero attached hydrogens (tertiary/aromatic N) is 2. The molecule has 2 heterocycles. The molecule has 1 aliphatic rings. The first-order valence-electron chi connectivity index (χ1n) is 7.97. The zero-order valence-electron chi connectivity index (χ0n) is 13.9. The number of methoxy groups -OCH3 is 1. The Morgan fingerprint density at radius 1 is 1.24 bits per heavy atom. The SMILES string of the molecule is COCCNCc1sc(N2CCCCC2)nc1C(C)(C)C. The summed E-state index contributed by atoms with van der Waals surface area (Å²) in [4.78, 5) is 8.81. The second kappa shape index (κ2) is 7.56. The largest absolute Gasteiger partial charge is 0.383 e. The average molecular weight is 311 g/mol. The molecule has 1 aliphatic heterocycles. The molecule has 0 saturated carbocycles. The number of rotatable bonds is 6. The van der Waals surface area contributed by atoms with Crippen molar-refractivity contribution in [2.75, 3.05) is 38.3 Å². The van der Waals surface area contributed by atoms with Gasteiger partial charge in [-0.1, -0.05) is 20.8 Å². The van der Waals surface area contributed by atoms with E-state index in [-0.39, 0.29) is 5.41 Å². The number of hydrogen-bond donors (Lipinski definition) is 1. The first-order chi connectivity index (χ1) is 10.0. The lowest BCUT2D eigenvalue weighted by Crippen LogP contribution is -2.29. The van der Waals surface area contributed by atoms with Crippen LogP contribution < -0.4 is 10.2 Å². The van der Waals surface area contributed by atoms with Crippen LogP contribution in [0.2, 0.25) is 0 Å². The molecule has 21 heavy (non-hydrogen) atoms. The third kappa shape index (κ3) is 4.66. The van der Waals surface area contributed by atoms with Gasteiger partial charge in [-0.2, -0.15) is 0 Å². The zero-order valence-corrected chi connectivity index (χ0v) is 14.7. The molecule has 1 saturated heterocycles. The molecular formula is C16H29N3OS. The zero-order chi connectivity index (χ0) is 15.3. The summed E-state index contributed by atoms with van der Waals surface area (Å²) in [6.07, 6.45) is 3.96. The van der Waals surface area contributed by atoms with Gasteiger partial charge in [0, 0.05) is 43.6 Å². The van der Waals surface area contributed by atoms with Crippen LogP contribution in [0.4, 0.5) is 5.13 Å². The van der Waals surface area contributed by atoms with Gasteiger partial charge in [-0.25, -0.2) is 4.98 Å². The molecular weight excluding hydrogens is 282 g/mol. The van der Waals surface area contributed by atoms with E-state index in [1.54, 1.807) is 7.11 Å². The molecule has 0 unspecified atom stereocenters. The maximum atomic E-state index is 5.09. The quantitative estimate of drug-likeness (QED) is 0.819. The van der Waals surface area contributed by atoms with E-state index in [4.69, 9.17) is 9.72 Å². The summed E-state index contributed by atoms with van der Waals surface area (Å²) in [7, 11) is 1.74. The highest BCUT2D eigenvalue weighted by Gasteiger charge is 2.25. The average Bonchev–Trinajstić information content (AvgIpc) is 2.89. The van der Waals surface area contributed by atoms with Crippen LogP contribution in [0, 0.1) is 0 Å². The predicted molar refractivity (Wildman–Crippen MR) is 90.5 cm³/mol. The molecule has 1 aromatic heterocycles. The summed E-state index contributed by atoms with van der Waals surface area (Å²) in [5.41, 5.74) is 1.35. The molecule has 1 aromatic rings. The van der Waals surface area contributed by atoms with E-state index < -0.39 is 0 Å². The van der Waals surface area contributed by atoms with Gasteiger partial charge in [0.05, 0.1) is 12.3 Å². The Hall–Kier alpha value is -0.650. The van der Waals surface area contributed by atoms with Gasteiger partial charge in [0.25, 0.3) is 0 Å². The van der Waals surface area contributed by atoms with Crippen molar-refractivity contribution < 1.29 is 4.74 Å². The Labute approximate surface area is 132 Å². The standard InChI is InChI=1S/C16H29N3OS/c1-16(2,3)14-13(12-17-8-11-20-4)21-15(18-14)19-9-6-5-7-10-19/h17H,5-12H2,1-4H3. The van der Waals surface area contributed by atoms with Crippen LogP contribution in [-0.4, -0.2) is 38.3 Å². The van der Waals surface area contributed by atoms with Crippen molar-refractivity contribution in [1.82, 2.24) is 10.3 Å². The molecule has 4 nitrogen and oxygen atoms in total. The predicted octanol–water partition coefficient (Wildman–Crippen LogP) is 3.17. The van der Waals surface area contributed by atoms with E-state index in [9.17, 15) is 0 Å². The smallest absolute Gasteiger partial charge is 0.185 e. The molecule has 1 fully saturated rings.